The molecule has 3 aromatic rings. The van der Waals surface area contributed by atoms with Gasteiger partial charge in [-0.15, -0.1) is 0 Å². The van der Waals surface area contributed by atoms with Crippen LogP contribution in [0.1, 0.15) is 16.2 Å². The Bertz CT molecular complexity index is 964. The summed E-state index contributed by atoms with van der Waals surface area (Å²) in [5.74, 6) is -0.711. The minimum absolute atomic E-state index is 0.0247. The van der Waals surface area contributed by atoms with Gasteiger partial charge in [-0.2, -0.15) is 0 Å². The van der Waals surface area contributed by atoms with Crippen molar-refractivity contribution in [2.45, 2.75) is 6.92 Å². The van der Waals surface area contributed by atoms with E-state index in [1.54, 1.807) is 37.3 Å². The number of anilines is 3. The minimum atomic E-state index is -0.523. The van der Waals surface area contributed by atoms with Gasteiger partial charge in [-0.25, -0.2) is 14.4 Å². The van der Waals surface area contributed by atoms with Crippen molar-refractivity contribution >= 4 is 46.4 Å². The zero-order valence-corrected chi connectivity index (χ0v) is 15.1. The first-order valence-corrected chi connectivity index (χ1v) is 8.31. The molecule has 0 spiro atoms. The number of hydrogen-bond donors (Lipinski definition) is 2. The molecule has 1 heterocycles. The van der Waals surface area contributed by atoms with Crippen molar-refractivity contribution < 1.29 is 9.18 Å². The van der Waals surface area contributed by atoms with E-state index >= 15 is 0 Å². The molecule has 1 amide bonds. The number of halogens is 3. The molecule has 2 N–H and O–H groups in total. The highest BCUT2D eigenvalue weighted by Gasteiger charge is 2.12. The average Bonchev–Trinajstić information content (AvgIpc) is 2.59. The van der Waals surface area contributed by atoms with Crippen LogP contribution < -0.4 is 10.6 Å². The highest BCUT2D eigenvalue weighted by Crippen LogP contribution is 2.22. The van der Waals surface area contributed by atoms with Gasteiger partial charge in [0.1, 0.15) is 11.5 Å². The summed E-state index contributed by atoms with van der Waals surface area (Å²) in [6.07, 6.45) is 0. The first kappa shape index (κ1) is 18.1. The Labute approximate surface area is 159 Å². The summed E-state index contributed by atoms with van der Waals surface area (Å²) < 4.78 is 13.3. The molecule has 0 saturated heterocycles. The van der Waals surface area contributed by atoms with Gasteiger partial charge in [-0.05, 0) is 55.5 Å². The van der Waals surface area contributed by atoms with Gasteiger partial charge in [0.05, 0.1) is 5.02 Å². The summed E-state index contributed by atoms with van der Waals surface area (Å²) in [5.41, 5.74) is 1.88. The molecule has 2 aromatic carbocycles. The third kappa shape index (κ3) is 4.47. The average molecular weight is 391 g/mol. The fraction of sp³-hybridized carbons (Fsp3) is 0.0556. The highest BCUT2D eigenvalue weighted by molar-refractivity contribution is 6.31. The molecule has 0 radical (unpaired) electrons. The van der Waals surface area contributed by atoms with Crippen LogP contribution in [0.5, 0.6) is 0 Å². The quantitative estimate of drug-likeness (QED) is 0.640. The lowest BCUT2D eigenvalue weighted by Gasteiger charge is -2.09. The van der Waals surface area contributed by atoms with Crippen molar-refractivity contribution in [1.29, 1.82) is 0 Å². The molecular formula is C18H13Cl2FN4O. The zero-order chi connectivity index (χ0) is 18.7. The molecule has 0 aliphatic carbocycles. The van der Waals surface area contributed by atoms with Crippen LogP contribution in [0, 0.1) is 12.7 Å². The predicted molar refractivity (Wildman–Crippen MR) is 101 cm³/mol. The highest BCUT2D eigenvalue weighted by atomic mass is 35.5. The molecule has 26 heavy (non-hydrogen) atoms. The van der Waals surface area contributed by atoms with E-state index in [4.69, 9.17) is 23.2 Å². The topological polar surface area (TPSA) is 66.9 Å². The van der Waals surface area contributed by atoms with E-state index in [0.717, 1.165) is 0 Å². The number of nitrogens with zero attached hydrogens (tertiary/aromatic N) is 2. The van der Waals surface area contributed by atoms with Crippen LogP contribution >= 0.6 is 23.2 Å². The Balaban J connectivity index is 1.81. The maximum atomic E-state index is 13.3. The van der Waals surface area contributed by atoms with Gasteiger partial charge in [0, 0.05) is 22.1 Å². The van der Waals surface area contributed by atoms with Crippen LogP contribution in [0.2, 0.25) is 10.0 Å². The predicted octanol–water partition coefficient (Wildman–Crippen LogP) is 5.23. The normalized spacial score (nSPS) is 10.5. The van der Waals surface area contributed by atoms with Gasteiger partial charge in [-0.1, -0.05) is 23.2 Å². The summed E-state index contributed by atoms with van der Waals surface area (Å²) in [5, 5.41) is 6.19. The molecule has 0 unspecified atom stereocenters. The number of carbonyl (C=O) groups is 1. The first-order valence-electron chi connectivity index (χ1n) is 7.55. The lowest BCUT2D eigenvalue weighted by atomic mass is 10.3. The number of aromatic nitrogens is 2. The first-order chi connectivity index (χ1) is 12.4. The van der Waals surface area contributed by atoms with Crippen molar-refractivity contribution in [2.24, 2.45) is 0 Å². The minimum Gasteiger partial charge on any atom is -0.324 e. The summed E-state index contributed by atoms with van der Waals surface area (Å²) in [4.78, 5) is 20.8. The lowest BCUT2D eigenvalue weighted by molar-refractivity contribution is 0.102. The van der Waals surface area contributed by atoms with Crippen LogP contribution in [0.25, 0.3) is 0 Å². The molecule has 0 bridgehead atoms. The number of benzene rings is 2. The molecule has 3 rings (SSSR count). The van der Waals surface area contributed by atoms with Gasteiger partial charge in [0.15, 0.2) is 0 Å². The van der Waals surface area contributed by atoms with Gasteiger partial charge >= 0.3 is 0 Å². The Morgan fingerprint density at radius 2 is 1.69 bits per heavy atom. The number of nitrogens with one attached hydrogen (secondary N) is 2. The monoisotopic (exact) mass is 390 g/mol. The van der Waals surface area contributed by atoms with Gasteiger partial charge in [-0.3, -0.25) is 4.79 Å². The van der Waals surface area contributed by atoms with Gasteiger partial charge in [0.2, 0.25) is 5.95 Å². The van der Waals surface area contributed by atoms with Gasteiger partial charge < -0.3 is 10.6 Å². The second kappa shape index (κ2) is 7.68. The number of amides is 1. The SMILES string of the molecule is Cc1cc(C(=O)Nc2ccc(Cl)cc2)nc(Nc2ccc(F)c(Cl)c2)n1. The standard InChI is InChI=1S/C18H13Cl2FN4O/c1-10-8-16(17(26)23-12-4-2-11(19)3-5-12)25-18(22-10)24-13-6-7-15(21)14(20)9-13/h2-9H,1H3,(H,23,26)(H,22,24,25). The number of rotatable bonds is 4. The second-order valence-corrected chi connectivity index (χ2v) is 6.28. The van der Waals surface area contributed by atoms with E-state index in [0.29, 0.717) is 22.1 Å². The summed E-state index contributed by atoms with van der Waals surface area (Å²) in [7, 11) is 0. The van der Waals surface area contributed by atoms with Crippen molar-refractivity contribution in [3.8, 4) is 0 Å². The van der Waals surface area contributed by atoms with Crippen molar-refractivity contribution in [3.63, 3.8) is 0 Å². The third-order valence-electron chi connectivity index (χ3n) is 3.36. The Kier molecular flexibility index (Phi) is 5.35. The van der Waals surface area contributed by atoms with Crippen molar-refractivity contribution in [2.75, 3.05) is 10.6 Å². The molecule has 132 valence electrons. The van der Waals surface area contributed by atoms with Crippen LogP contribution in [0.15, 0.2) is 48.5 Å². The number of carbonyl (C=O) groups excluding carboxylic acids is 1. The molecular weight excluding hydrogens is 378 g/mol. The lowest BCUT2D eigenvalue weighted by Crippen LogP contribution is -2.15. The molecule has 0 saturated carbocycles. The second-order valence-electron chi connectivity index (χ2n) is 5.43. The summed E-state index contributed by atoms with van der Waals surface area (Å²) in [6, 6.07) is 12.4. The van der Waals surface area contributed by atoms with E-state index in [9.17, 15) is 9.18 Å². The smallest absolute Gasteiger partial charge is 0.274 e. The number of aryl methyl sites for hydroxylation is 1. The van der Waals surface area contributed by atoms with E-state index in [2.05, 4.69) is 20.6 Å². The summed E-state index contributed by atoms with van der Waals surface area (Å²) in [6.45, 7) is 1.74. The third-order valence-corrected chi connectivity index (χ3v) is 3.91. The molecule has 8 heteroatoms. The Hall–Kier alpha value is -2.70. The molecule has 0 fully saturated rings. The Morgan fingerprint density at radius 3 is 2.38 bits per heavy atom. The van der Waals surface area contributed by atoms with E-state index in [-0.39, 0.29) is 16.7 Å². The van der Waals surface area contributed by atoms with Crippen LogP contribution in [0.4, 0.5) is 21.7 Å². The van der Waals surface area contributed by atoms with E-state index < -0.39 is 11.7 Å². The van der Waals surface area contributed by atoms with Crippen LogP contribution in [-0.4, -0.2) is 15.9 Å². The van der Waals surface area contributed by atoms with E-state index in [1.807, 2.05) is 0 Å². The van der Waals surface area contributed by atoms with Crippen molar-refractivity contribution in [3.05, 3.63) is 75.8 Å². The maximum Gasteiger partial charge on any atom is 0.274 e. The molecule has 0 aliphatic rings. The van der Waals surface area contributed by atoms with E-state index in [1.165, 1.54) is 18.2 Å². The zero-order valence-electron chi connectivity index (χ0n) is 13.6. The van der Waals surface area contributed by atoms with Crippen molar-refractivity contribution in [1.82, 2.24) is 9.97 Å². The molecule has 5 nitrogen and oxygen atoms in total. The molecule has 0 atom stereocenters. The van der Waals surface area contributed by atoms with Crippen LogP contribution in [0.3, 0.4) is 0 Å². The molecule has 0 aliphatic heterocycles. The fourth-order valence-electron chi connectivity index (χ4n) is 2.17. The maximum absolute atomic E-state index is 13.3. The largest absolute Gasteiger partial charge is 0.324 e. The number of hydrogen-bond acceptors (Lipinski definition) is 4. The molecule has 1 aromatic heterocycles. The Morgan fingerprint density at radius 1 is 1.00 bits per heavy atom. The fourth-order valence-corrected chi connectivity index (χ4v) is 2.48. The van der Waals surface area contributed by atoms with Crippen LogP contribution in [-0.2, 0) is 0 Å². The summed E-state index contributed by atoms with van der Waals surface area (Å²) >= 11 is 11.6. The van der Waals surface area contributed by atoms with Gasteiger partial charge in [0.25, 0.3) is 5.91 Å².